The standard InChI is InChI=1S/C58H74O11.H2O/c1-5-8-9-10-23-44-68-58(61)54-45-53(69-46(4)47-24-30-50(31-25-47)62-38-18-12-15-21-42-66-56(59)6-2)36-37-55(54)65-41-20-14-11-17-39-63-51-32-26-48(27-33-51)49-28-34-52(35-29-49)64-40-19-13-16-22-43-67-57(60)7-3;/h6-7,24-37,45H,2-5,8-23,38-44H2,1H3;1H2. The van der Waals surface area contributed by atoms with Crippen molar-refractivity contribution >= 4 is 23.7 Å². The molecular weight excluding hydrogens is 889 g/mol. The average Bonchev–Trinajstić information content (AvgIpc) is 3.37. The summed E-state index contributed by atoms with van der Waals surface area (Å²) in [6.45, 7) is 16.6. The van der Waals surface area contributed by atoms with E-state index < -0.39 is 11.9 Å². The van der Waals surface area contributed by atoms with Crippen molar-refractivity contribution in [1.29, 1.82) is 0 Å². The lowest BCUT2D eigenvalue weighted by Gasteiger charge is -2.15. The second kappa shape index (κ2) is 35.6. The number of hydrogen-bond donors (Lipinski definition) is 0. The Kier molecular flexibility index (Phi) is 29.4. The lowest BCUT2D eigenvalue weighted by atomic mass is 10.1. The molecular formula is C58H76O12. The molecule has 0 radical (unpaired) electrons. The molecule has 0 aliphatic carbocycles. The van der Waals surface area contributed by atoms with E-state index in [-0.39, 0.29) is 11.4 Å². The molecule has 12 nitrogen and oxygen atoms in total. The van der Waals surface area contributed by atoms with Crippen molar-refractivity contribution in [2.75, 3.05) is 46.2 Å². The normalized spacial score (nSPS) is 10.5. The molecule has 0 atom stereocenters. The van der Waals surface area contributed by atoms with Gasteiger partial charge in [0.2, 0.25) is 0 Å². The van der Waals surface area contributed by atoms with E-state index in [2.05, 4.69) is 50.9 Å². The minimum atomic E-state index is -0.440. The Labute approximate surface area is 416 Å². The van der Waals surface area contributed by atoms with Gasteiger partial charge in [-0.25, -0.2) is 14.4 Å². The van der Waals surface area contributed by atoms with E-state index >= 15 is 0 Å². The maximum atomic E-state index is 13.4. The number of carbonyl (C=O) groups excluding carboxylic acids is 3. The molecule has 4 aromatic rings. The van der Waals surface area contributed by atoms with Gasteiger partial charge in [0.25, 0.3) is 0 Å². The predicted octanol–water partition coefficient (Wildman–Crippen LogP) is 13.1. The molecule has 2 N–H and O–H groups in total. The molecule has 0 aliphatic rings. The van der Waals surface area contributed by atoms with Crippen molar-refractivity contribution in [3.05, 3.63) is 134 Å². The van der Waals surface area contributed by atoms with Gasteiger partial charge >= 0.3 is 17.9 Å². The highest BCUT2D eigenvalue weighted by Crippen LogP contribution is 2.30. The average molecular weight is 965 g/mol. The molecule has 0 aromatic heterocycles. The zero-order valence-electron chi connectivity index (χ0n) is 41.4. The van der Waals surface area contributed by atoms with E-state index in [0.29, 0.717) is 69.1 Å². The molecule has 0 fully saturated rings. The monoisotopic (exact) mass is 965 g/mol. The Hall–Kier alpha value is -6.53. The van der Waals surface area contributed by atoms with Crippen LogP contribution in [-0.2, 0) is 23.8 Å². The van der Waals surface area contributed by atoms with Gasteiger partial charge in [0.05, 0.1) is 46.2 Å². The summed E-state index contributed by atoms with van der Waals surface area (Å²) in [4.78, 5) is 35.6. The van der Waals surface area contributed by atoms with Gasteiger partial charge in [0.15, 0.2) is 0 Å². The van der Waals surface area contributed by atoms with Crippen molar-refractivity contribution in [2.24, 2.45) is 0 Å². The van der Waals surface area contributed by atoms with Gasteiger partial charge in [0.1, 0.15) is 40.1 Å². The van der Waals surface area contributed by atoms with E-state index in [4.69, 9.17) is 37.9 Å². The van der Waals surface area contributed by atoms with Gasteiger partial charge in [-0.1, -0.05) is 76.6 Å². The van der Waals surface area contributed by atoms with Crippen molar-refractivity contribution < 1.29 is 57.8 Å². The summed E-state index contributed by atoms with van der Waals surface area (Å²) in [5.74, 6) is 2.57. The topological polar surface area (TPSA) is 157 Å². The van der Waals surface area contributed by atoms with Gasteiger partial charge in [-0.15, -0.1) is 0 Å². The molecule has 0 unspecified atom stereocenters. The SMILES string of the molecule is C=CC(=O)OCCCCCCOc1ccc(C(=C)Oc2ccc(OCCCCCCOc3ccc(-c4ccc(OCCCCCCOC(=O)C=C)cc4)cc3)c(C(=O)OCCCCCCC)c2)cc1.O. The van der Waals surface area contributed by atoms with Crippen molar-refractivity contribution in [1.82, 2.24) is 0 Å². The van der Waals surface area contributed by atoms with Gasteiger partial charge < -0.3 is 43.4 Å². The zero-order valence-corrected chi connectivity index (χ0v) is 41.4. The van der Waals surface area contributed by atoms with E-state index in [1.54, 1.807) is 18.2 Å². The number of esters is 3. The maximum absolute atomic E-state index is 13.4. The number of unbranched alkanes of at least 4 members (excludes halogenated alkanes) is 13. The van der Waals surface area contributed by atoms with Crippen molar-refractivity contribution in [2.45, 2.75) is 116 Å². The summed E-state index contributed by atoms with van der Waals surface area (Å²) in [5, 5.41) is 0. The summed E-state index contributed by atoms with van der Waals surface area (Å²) in [6, 6.07) is 29.0. The first-order valence-electron chi connectivity index (χ1n) is 24.9. The van der Waals surface area contributed by atoms with Gasteiger partial charge in [-0.3, -0.25) is 0 Å². The smallest absolute Gasteiger partial charge is 0.342 e. The molecule has 4 rings (SSSR count). The van der Waals surface area contributed by atoms with E-state index in [0.717, 1.165) is 137 Å². The molecule has 0 spiro atoms. The fourth-order valence-corrected chi connectivity index (χ4v) is 7.12. The van der Waals surface area contributed by atoms with Crippen LogP contribution in [0.15, 0.2) is 123 Å². The van der Waals surface area contributed by atoms with E-state index in [1.807, 2.05) is 48.5 Å². The third kappa shape index (κ3) is 23.7. The quantitative estimate of drug-likeness (QED) is 0.0138. The Balaban J connectivity index is 0.0000130. The molecule has 0 saturated carbocycles. The van der Waals surface area contributed by atoms with Crippen LogP contribution in [0.2, 0.25) is 0 Å². The first kappa shape index (κ1) is 57.8. The van der Waals surface area contributed by atoms with Crippen LogP contribution in [0.1, 0.15) is 132 Å². The van der Waals surface area contributed by atoms with Crippen LogP contribution in [0.5, 0.6) is 28.7 Å². The molecule has 0 aliphatic heterocycles. The Morgan fingerprint density at radius 3 is 1.24 bits per heavy atom. The third-order valence-electron chi connectivity index (χ3n) is 11.1. The van der Waals surface area contributed by atoms with Crippen LogP contribution in [0.4, 0.5) is 0 Å². The van der Waals surface area contributed by atoms with Crippen LogP contribution in [-0.4, -0.2) is 69.6 Å². The number of hydrogen-bond acceptors (Lipinski definition) is 11. The second-order valence-electron chi connectivity index (χ2n) is 16.7. The number of carbonyl (C=O) groups is 3. The fourth-order valence-electron chi connectivity index (χ4n) is 7.12. The molecule has 70 heavy (non-hydrogen) atoms. The Bertz CT molecular complexity index is 2110. The number of rotatable bonds is 38. The maximum Gasteiger partial charge on any atom is 0.342 e. The Morgan fingerprint density at radius 2 is 0.814 bits per heavy atom. The highest BCUT2D eigenvalue weighted by Gasteiger charge is 2.17. The molecule has 380 valence electrons. The minimum absolute atomic E-state index is 0. The molecule has 0 heterocycles. The number of benzene rings is 4. The zero-order chi connectivity index (χ0) is 49.2. The largest absolute Gasteiger partial charge is 0.494 e. The van der Waals surface area contributed by atoms with Crippen molar-refractivity contribution in [3.63, 3.8) is 0 Å². The summed E-state index contributed by atoms with van der Waals surface area (Å²) < 4.78 is 45.9. The summed E-state index contributed by atoms with van der Waals surface area (Å²) >= 11 is 0. The van der Waals surface area contributed by atoms with Crippen LogP contribution < -0.4 is 23.7 Å². The molecule has 12 heteroatoms. The molecule has 0 saturated heterocycles. The first-order valence-corrected chi connectivity index (χ1v) is 24.9. The third-order valence-corrected chi connectivity index (χ3v) is 11.1. The van der Waals surface area contributed by atoms with Gasteiger partial charge in [0, 0.05) is 17.7 Å². The summed E-state index contributed by atoms with van der Waals surface area (Å²) in [7, 11) is 0. The second-order valence-corrected chi connectivity index (χ2v) is 16.7. The lowest BCUT2D eigenvalue weighted by molar-refractivity contribution is -0.138. The van der Waals surface area contributed by atoms with Crippen LogP contribution in [0, 0.1) is 0 Å². The first-order chi connectivity index (χ1) is 33.8. The molecule has 0 bridgehead atoms. The fraction of sp³-hybridized carbons (Fsp3) is 0.431. The Morgan fingerprint density at radius 1 is 0.443 bits per heavy atom. The van der Waals surface area contributed by atoms with Crippen LogP contribution >= 0.6 is 0 Å². The molecule has 4 aromatic carbocycles. The highest BCUT2D eigenvalue weighted by molar-refractivity contribution is 5.93. The van der Waals surface area contributed by atoms with E-state index in [1.165, 1.54) is 18.6 Å². The summed E-state index contributed by atoms with van der Waals surface area (Å²) in [6.07, 6.45) is 18.7. The van der Waals surface area contributed by atoms with Crippen molar-refractivity contribution in [3.8, 4) is 39.9 Å². The minimum Gasteiger partial charge on any atom is -0.494 e. The van der Waals surface area contributed by atoms with E-state index in [9.17, 15) is 14.4 Å². The molecule has 0 amide bonds. The highest BCUT2D eigenvalue weighted by atomic mass is 16.5. The van der Waals surface area contributed by atoms with Crippen LogP contribution in [0.3, 0.4) is 0 Å². The number of ether oxygens (including phenoxy) is 8. The predicted molar refractivity (Wildman–Crippen MR) is 277 cm³/mol. The van der Waals surface area contributed by atoms with Gasteiger partial charge in [-0.05, 0) is 161 Å². The van der Waals surface area contributed by atoms with Crippen LogP contribution in [0.25, 0.3) is 16.9 Å². The lowest BCUT2D eigenvalue weighted by Crippen LogP contribution is -2.10. The summed E-state index contributed by atoms with van der Waals surface area (Å²) in [5.41, 5.74) is 3.32. The van der Waals surface area contributed by atoms with Gasteiger partial charge in [-0.2, -0.15) is 0 Å².